The molecule has 3 aliphatic rings. The number of allylic oxidation sites excluding steroid dienone is 3. The summed E-state index contributed by atoms with van der Waals surface area (Å²) in [6.07, 6.45) is 12.2. The number of aliphatic hydroxyl groups excluding tert-OH is 2. The fourth-order valence-electron chi connectivity index (χ4n) is 6.82. The summed E-state index contributed by atoms with van der Waals surface area (Å²) >= 11 is 0. The van der Waals surface area contributed by atoms with Crippen LogP contribution in [0.2, 0.25) is 0 Å². The van der Waals surface area contributed by atoms with E-state index in [9.17, 15) is 15.3 Å². The summed E-state index contributed by atoms with van der Waals surface area (Å²) in [6, 6.07) is 0. The van der Waals surface area contributed by atoms with E-state index in [2.05, 4.69) is 53.3 Å². The highest BCUT2D eigenvalue weighted by molar-refractivity contribution is 5.33. The molecule has 0 spiro atoms. The number of hydrogen-bond acceptors (Lipinski definition) is 3. The van der Waals surface area contributed by atoms with Gasteiger partial charge in [0, 0.05) is 0 Å². The molecule has 0 radical (unpaired) electrons. The van der Waals surface area contributed by atoms with Crippen LogP contribution in [0.15, 0.2) is 36.0 Å². The van der Waals surface area contributed by atoms with Gasteiger partial charge in [-0.25, -0.2) is 0 Å². The molecule has 0 aromatic heterocycles. The van der Waals surface area contributed by atoms with Crippen LogP contribution in [0.25, 0.3) is 0 Å². The Balaban J connectivity index is 1.80. The van der Waals surface area contributed by atoms with Crippen LogP contribution in [0.1, 0.15) is 86.0 Å². The number of rotatable bonds is 6. The van der Waals surface area contributed by atoms with E-state index in [4.69, 9.17) is 0 Å². The van der Waals surface area contributed by atoms with E-state index in [-0.39, 0.29) is 17.4 Å². The highest BCUT2D eigenvalue weighted by Gasteiger charge is 2.59. The van der Waals surface area contributed by atoms with Gasteiger partial charge >= 0.3 is 0 Å². The lowest BCUT2D eigenvalue weighted by Gasteiger charge is -2.52. The lowest BCUT2D eigenvalue weighted by atomic mass is 9.56. The Kier molecular flexibility index (Phi) is 7.61. The first kappa shape index (κ1) is 24.7. The fourth-order valence-corrected chi connectivity index (χ4v) is 6.82. The maximum absolute atomic E-state index is 11.8. The van der Waals surface area contributed by atoms with E-state index in [1.807, 2.05) is 6.08 Å². The van der Waals surface area contributed by atoms with Crippen molar-refractivity contribution in [3.63, 3.8) is 0 Å². The van der Waals surface area contributed by atoms with Crippen LogP contribution in [-0.4, -0.2) is 33.1 Å². The van der Waals surface area contributed by atoms with Crippen LogP contribution in [0.4, 0.5) is 0 Å². The summed E-state index contributed by atoms with van der Waals surface area (Å²) in [5, 5.41) is 33.2. The molecule has 0 bridgehead atoms. The third-order valence-electron chi connectivity index (χ3n) is 9.27. The van der Waals surface area contributed by atoms with E-state index in [1.54, 1.807) is 0 Å². The van der Waals surface area contributed by atoms with Crippen molar-refractivity contribution in [2.45, 2.75) is 104 Å². The van der Waals surface area contributed by atoms with E-state index in [1.165, 1.54) is 0 Å². The minimum Gasteiger partial charge on any atom is -0.393 e. The summed E-state index contributed by atoms with van der Waals surface area (Å²) in [5.74, 6) is 2.33. The molecular weight excluding hydrogens is 384 g/mol. The van der Waals surface area contributed by atoms with Gasteiger partial charge in [0.15, 0.2) is 0 Å². The normalized spacial score (nSPS) is 41.0. The lowest BCUT2D eigenvalue weighted by Crippen LogP contribution is -2.56. The largest absolute Gasteiger partial charge is 0.393 e. The second kappa shape index (κ2) is 9.53. The maximum Gasteiger partial charge on any atom is 0.102 e. The Morgan fingerprint density at radius 3 is 2.45 bits per heavy atom. The van der Waals surface area contributed by atoms with Crippen LogP contribution in [-0.2, 0) is 0 Å². The van der Waals surface area contributed by atoms with Gasteiger partial charge in [0.1, 0.15) is 6.10 Å². The molecule has 31 heavy (non-hydrogen) atoms. The van der Waals surface area contributed by atoms with Crippen LogP contribution in [0, 0.1) is 35.0 Å². The molecule has 8 unspecified atom stereocenters. The molecule has 3 N–H and O–H groups in total. The first-order valence-electron chi connectivity index (χ1n) is 12.6. The Hall–Kier alpha value is -0.900. The van der Waals surface area contributed by atoms with Gasteiger partial charge < -0.3 is 15.3 Å². The lowest BCUT2D eigenvalue weighted by molar-refractivity contribution is -0.155. The average Bonchev–Trinajstić information content (AvgIpc) is 3.07. The Morgan fingerprint density at radius 1 is 1.06 bits per heavy atom. The predicted molar refractivity (Wildman–Crippen MR) is 129 cm³/mol. The highest BCUT2D eigenvalue weighted by atomic mass is 16.3. The second-order valence-electron chi connectivity index (χ2n) is 11.6. The van der Waals surface area contributed by atoms with Crippen LogP contribution in [0.3, 0.4) is 0 Å². The average molecular weight is 431 g/mol. The molecule has 0 amide bonds. The topological polar surface area (TPSA) is 60.7 Å². The molecule has 3 aliphatic carbocycles. The summed E-state index contributed by atoms with van der Waals surface area (Å²) in [4.78, 5) is 0. The van der Waals surface area contributed by atoms with E-state index >= 15 is 0 Å². The molecule has 176 valence electrons. The summed E-state index contributed by atoms with van der Waals surface area (Å²) in [7, 11) is 0. The van der Waals surface area contributed by atoms with Crippen LogP contribution in [0.5, 0.6) is 0 Å². The van der Waals surface area contributed by atoms with Crippen molar-refractivity contribution in [1.29, 1.82) is 0 Å². The van der Waals surface area contributed by atoms with Gasteiger partial charge in [-0.1, -0.05) is 58.9 Å². The molecular formula is C28H46O3. The molecule has 3 saturated carbocycles. The molecule has 8 atom stereocenters. The summed E-state index contributed by atoms with van der Waals surface area (Å²) < 4.78 is 0. The molecule has 0 aromatic rings. The van der Waals surface area contributed by atoms with E-state index < -0.39 is 11.7 Å². The van der Waals surface area contributed by atoms with Gasteiger partial charge in [-0.2, -0.15) is 0 Å². The monoisotopic (exact) mass is 430 g/mol. The smallest absolute Gasteiger partial charge is 0.102 e. The standard InChI is InChI=1S/C28H46O3/c1-18(2)19(3)8-9-21(5)24-12-13-25-27(24,6)14-7-15-28(25,31)26(30)17-22-16-23(29)11-10-20(22)4/h8-9,17-19,21,23-26,29-31H,4,7,10-16H2,1-3,5-6H3/b9-8+,22-17+. The van der Waals surface area contributed by atoms with E-state index in [0.717, 1.165) is 49.7 Å². The quantitative estimate of drug-likeness (QED) is 0.466. The van der Waals surface area contributed by atoms with Crippen LogP contribution < -0.4 is 0 Å². The number of aliphatic hydroxyl groups is 3. The van der Waals surface area contributed by atoms with Gasteiger partial charge in [-0.15, -0.1) is 0 Å². The van der Waals surface area contributed by atoms with Gasteiger partial charge in [0.05, 0.1) is 11.7 Å². The third kappa shape index (κ3) is 4.89. The van der Waals surface area contributed by atoms with Crippen LogP contribution >= 0.6 is 0 Å². The van der Waals surface area contributed by atoms with Crippen molar-refractivity contribution in [3.05, 3.63) is 36.0 Å². The fraction of sp³-hybridized carbons (Fsp3) is 0.786. The predicted octanol–water partition coefficient (Wildman–Crippen LogP) is 5.81. The SMILES string of the molecule is C=C1CCC(O)C/C1=C\C(O)C1(O)CCCC2(C)C(C(C)/C=C/C(C)C(C)C)CCC21. The van der Waals surface area contributed by atoms with Gasteiger partial charge in [-0.05, 0) is 98.0 Å². The van der Waals surface area contributed by atoms with Crippen molar-refractivity contribution < 1.29 is 15.3 Å². The Morgan fingerprint density at radius 2 is 1.77 bits per heavy atom. The molecule has 3 heteroatoms. The molecule has 0 aliphatic heterocycles. The number of fused-ring (bicyclic) bond motifs is 1. The molecule has 3 nitrogen and oxygen atoms in total. The first-order chi connectivity index (χ1) is 14.5. The zero-order valence-corrected chi connectivity index (χ0v) is 20.5. The third-order valence-corrected chi connectivity index (χ3v) is 9.27. The minimum absolute atomic E-state index is 0.0421. The van der Waals surface area contributed by atoms with Crippen molar-refractivity contribution >= 4 is 0 Å². The number of hydrogen-bond donors (Lipinski definition) is 3. The summed E-state index contributed by atoms with van der Waals surface area (Å²) in [6.45, 7) is 15.6. The van der Waals surface area contributed by atoms with Gasteiger partial charge in [-0.3, -0.25) is 0 Å². The molecule has 3 fully saturated rings. The molecule has 0 aromatic carbocycles. The van der Waals surface area contributed by atoms with Crippen molar-refractivity contribution in [1.82, 2.24) is 0 Å². The zero-order valence-electron chi connectivity index (χ0n) is 20.5. The minimum atomic E-state index is -1.09. The van der Waals surface area contributed by atoms with Gasteiger partial charge in [0.25, 0.3) is 0 Å². The highest BCUT2D eigenvalue weighted by Crippen LogP contribution is 2.61. The first-order valence-corrected chi connectivity index (χ1v) is 12.6. The molecule has 0 saturated heterocycles. The van der Waals surface area contributed by atoms with Gasteiger partial charge in [0.2, 0.25) is 0 Å². The van der Waals surface area contributed by atoms with Crippen molar-refractivity contribution in [2.75, 3.05) is 0 Å². The molecule has 3 rings (SSSR count). The van der Waals surface area contributed by atoms with Crippen molar-refractivity contribution in [2.24, 2.45) is 35.0 Å². The zero-order chi connectivity index (χ0) is 23.0. The molecule has 0 heterocycles. The summed E-state index contributed by atoms with van der Waals surface area (Å²) in [5.41, 5.74) is 0.876. The second-order valence-corrected chi connectivity index (χ2v) is 11.6. The Bertz CT molecular complexity index is 707. The van der Waals surface area contributed by atoms with Crippen molar-refractivity contribution in [3.8, 4) is 0 Å². The van der Waals surface area contributed by atoms with E-state index in [0.29, 0.717) is 36.5 Å². The maximum atomic E-state index is 11.8. The Labute approximate surface area is 190 Å².